The summed E-state index contributed by atoms with van der Waals surface area (Å²) in [4.78, 5) is 40.2. The van der Waals surface area contributed by atoms with E-state index in [1.807, 2.05) is 39.0 Å². The predicted molar refractivity (Wildman–Crippen MR) is 157 cm³/mol. The summed E-state index contributed by atoms with van der Waals surface area (Å²) in [5, 5.41) is 6.10. The zero-order valence-electron chi connectivity index (χ0n) is 25.0. The quantitative estimate of drug-likeness (QED) is 0.313. The van der Waals surface area contributed by atoms with E-state index in [4.69, 9.17) is 4.74 Å². The first kappa shape index (κ1) is 32.9. The van der Waals surface area contributed by atoms with Crippen LogP contribution in [-0.4, -0.2) is 60.3 Å². The number of hydrogen-bond donors (Lipinski definition) is 2. The number of carbonyl (C=O) groups excluding carboxylic acids is 3. The Labute approximate surface area is 238 Å². The lowest BCUT2D eigenvalue weighted by Gasteiger charge is -2.32. The molecule has 2 amide bonds. The molecule has 0 saturated carbocycles. The summed E-state index contributed by atoms with van der Waals surface area (Å²) >= 11 is 0. The molecule has 7 nitrogen and oxygen atoms in total. The standard InChI is InChI=1S/C32H46FN3O4/c1-8-9-12-26-13-10-11-14-29(26)40-22(4)20-34-30(21(2)3)32(39)36(7)23(5)31(38)35-28(24(6)37)19-25-15-17-27(33)18-16-25/h10-11,13-18,21-23,28,30,34H,8-9,12,19-20H2,1-7H3,(H,35,38)/t22-,23-,28-,30+/m1/s1. The Hall–Kier alpha value is -3.26. The molecule has 4 atom stereocenters. The fraction of sp³-hybridized carbons (Fsp3) is 0.531. The van der Waals surface area contributed by atoms with Crippen LogP contribution >= 0.6 is 0 Å². The summed E-state index contributed by atoms with van der Waals surface area (Å²) in [5.41, 5.74) is 1.91. The first-order valence-electron chi connectivity index (χ1n) is 14.2. The Bertz CT molecular complexity index is 1110. The number of hydrogen-bond acceptors (Lipinski definition) is 5. The van der Waals surface area contributed by atoms with Crippen molar-refractivity contribution >= 4 is 17.6 Å². The first-order valence-corrected chi connectivity index (χ1v) is 14.2. The summed E-state index contributed by atoms with van der Waals surface area (Å²) in [6.45, 7) is 11.5. The normalized spacial score (nSPS) is 14.2. The number of rotatable bonds is 16. The van der Waals surface area contributed by atoms with Gasteiger partial charge in [0.15, 0.2) is 5.78 Å². The summed E-state index contributed by atoms with van der Waals surface area (Å²) in [5.74, 6) is -0.400. The SMILES string of the molecule is CCCCc1ccccc1O[C@H](C)CN[C@H](C(=O)N(C)[C@H](C)C(=O)N[C@H](Cc1ccc(F)cc1)C(C)=O)C(C)C. The van der Waals surface area contributed by atoms with Crippen molar-refractivity contribution in [1.82, 2.24) is 15.5 Å². The number of likely N-dealkylation sites (N-methyl/N-ethyl adjacent to an activating group) is 1. The number of carbonyl (C=O) groups is 3. The van der Waals surface area contributed by atoms with Crippen LogP contribution in [0.3, 0.4) is 0 Å². The molecule has 2 aromatic carbocycles. The lowest BCUT2D eigenvalue weighted by Crippen LogP contribution is -2.56. The summed E-state index contributed by atoms with van der Waals surface area (Å²) in [6.07, 6.45) is 3.22. The minimum Gasteiger partial charge on any atom is -0.489 e. The van der Waals surface area contributed by atoms with Crippen LogP contribution in [-0.2, 0) is 27.2 Å². The molecular weight excluding hydrogens is 509 g/mol. The van der Waals surface area contributed by atoms with Gasteiger partial charge in [-0.3, -0.25) is 14.4 Å². The zero-order chi connectivity index (χ0) is 29.8. The maximum atomic E-state index is 13.5. The van der Waals surface area contributed by atoms with Gasteiger partial charge in [-0.15, -0.1) is 0 Å². The van der Waals surface area contributed by atoms with Gasteiger partial charge in [0.1, 0.15) is 23.7 Å². The monoisotopic (exact) mass is 555 g/mol. The highest BCUT2D eigenvalue weighted by atomic mass is 19.1. The molecule has 0 spiro atoms. The van der Waals surface area contributed by atoms with Crippen molar-refractivity contribution in [2.45, 2.75) is 91.5 Å². The van der Waals surface area contributed by atoms with Crippen molar-refractivity contribution in [3.8, 4) is 5.75 Å². The first-order chi connectivity index (χ1) is 18.9. The van der Waals surface area contributed by atoms with Gasteiger partial charge in [-0.1, -0.05) is 57.5 Å². The summed E-state index contributed by atoms with van der Waals surface area (Å²) in [7, 11) is 1.59. The third-order valence-electron chi connectivity index (χ3n) is 7.13. The molecule has 0 heterocycles. The number of ketones is 1. The highest BCUT2D eigenvalue weighted by Crippen LogP contribution is 2.21. The van der Waals surface area contributed by atoms with E-state index in [1.165, 1.54) is 29.5 Å². The largest absolute Gasteiger partial charge is 0.489 e. The molecule has 0 aliphatic carbocycles. The summed E-state index contributed by atoms with van der Waals surface area (Å²) in [6, 6.07) is 11.8. The maximum absolute atomic E-state index is 13.5. The number of amides is 2. The van der Waals surface area contributed by atoms with E-state index in [-0.39, 0.29) is 36.0 Å². The molecule has 2 aromatic rings. The molecule has 0 radical (unpaired) electrons. The molecule has 0 unspecified atom stereocenters. The Kier molecular flexibility index (Phi) is 13.3. The average molecular weight is 556 g/mol. The van der Waals surface area contributed by atoms with Crippen LogP contribution in [0.2, 0.25) is 0 Å². The molecule has 2 N–H and O–H groups in total. The van der Waals surface area contributed by atoms with Crippen LogP contribution in [0.15, 0.2) is 48.5 Å². The number of unbranched alkanes of at least 4 members (excludes halogenated alkanes) is 1. The number of aryl methyl sites for hydroxylation is 1. The van der Waals surface area contributed by atoms with E-state index >= 15 is 0 Å². The number of Topliss-reactive ketones (excluding diaryl/α,β-unsaturated/α-hetero) is 1. The van der Waals surface area contributed by atoms with Crippen molar-refractivity contribution in [2.75, 3.05) is 13.6 Å². The van der Waals surface area contributed by atoms with Gasteiger partial charge in [0.05, 0.1) is 12.1 Å². The highest BCUT2D eigenvalue weighted by Gasteiger charge is 2.31. The topological polar surface area (TPSA) is 87.7 Å². The fourth-order valence-electron chi connectivity index (χ4n) is 4.38. The van der Waals surface area contributed by atoms with Crippen LogP contribution in [0.5, 0.6) is 5.75 Å². The zero-order valence-corrected chi connectivity index (χ0v) is 25.0. The Morgan fingerprint density at radius 2 is 1.65 bits per heavy atom. The number of halogens is 1. The lowest BCUT2D eigenvalue weighted by molar-refractivity contribution is -0.141. The lowest BCUT2D eigenvalue weighted by atomic mass is 10.0. The second-order valence-corrected chi connectivity index (χ2v) is 10.9. The molecule has 0 bridgehead atoms. The van der Waals surface area contributed by atoms with Crippen LogP contribution in [0.25, 0.3) is 0 Å². The third-order valence-corrected chi connectivity index (χ3v) is 7.13. The van der Waals surface area contributed by atoms with Crippen molar-refractivity contribution < 1.29 is 23.5 Å². The molecule has 0 aromatic heterocycles. The molecule has 40 heavy (non-hydrogen) atoms. The van der Waals surface area contributed by atoms with Gasteiger partial charge >= 0.3 is 0 Å². The molecule has 0 aliphatic heterocycles. The van der Waals surface area contributed by atoms with Gasteiger partial charge in [0.25, 0.3) is 0 Å². The van der Waals surface area contributed by atoms with Gasteiger partial charge in [0.2, 0.25) is 11.8 Å². The van der Waals surface area contributed by atoms with E-state index in [1.54, 1.807) is 26.1 Å². The van der Waals surface area contributed by atoms with Gasteiger partial charge in [-0.25, -0.2) is 4.39 Å². The van der Waals surface area contributed by atoms with Gasteiger partial charge in [-0.2, -0.15) is 0 Å². The van der Waals surface area contributed by atoms with E-state index < -0.39 is 24.0 Å². The molecule has 220 valence electrons. The van der Waals surface area contributed by atoms with E-state index in [0.29, 0.717) is 6.54 Å². The van der Waals surface area contributed by atoms with Gasteiger partial charge in [-0.05, 0) is 75.3 Å². The molecule has 0 aliphatic rings. The Morgan fingerprint density at radius 1 is 1.00 bits per heavy atom. The van der Waals surface area contributed by atoms with Crippen LogP contribution in [0.1, 0.15) is 65.5 Å². The van der Waals surface area contributed by atoms with Crippen molar-refractivity contribution in [3.63, 3.8) is 0 Å². The number of nitrogens with one attached hydrogen (secondary N) is 2. The predicted octanol–water partition coefficient (Wildman–Crippen LogP) is 4.71. The minimum absolute atomic E-state index is 0.0299. The molecule has 0 saturated heterocycles. The van der Waals surface area contributed by atoms with E-state index in [0.717, 1.165) is 30.6 Å². The average Bonchev–Trinajstić information content (AvgIpc) is 2.92. The molecule has 8 heteroatoms. The second-order valence-electron chi connectivity index (χ2n) is 10.9. The smallest absolute Gasteiger partial charge is 0.243 e. The second kappa shape index (κ2) is 16.1. The van der Waals surface area contributed by atoms with Crippen LogP contribution < -0.4 is 15.4 Å². The fourth-order valence-corrected chi connectivity index (χ4v) is 4.38. The number of benzene rings is 2. The van der Waals surface area contributed by atoms with Crippen LogP contribution in [0, 0.1) is 11.7 Å². The number of para-hydroxylation sites is 1. The van der Waals surface area contributed by atoms with Gasteiger partial charge < -0.3 is 20.3 Å². The molecule has 0 fully saturated rings. The van der Waals surface area contributed by atoms with Crippen molar-refractivity contribution in [3.05, 3.63) is 65.5 Å². The third kappa shape index (κ3) is 10.0. The van der Waals surface area contributed by atoms with Gasteiger partial charge in [0, 0.05) is 13.6 Å². The minimum atomic E-state index is -0.801. The Balaban J connectivity index is 1.99. The molecular formula is C32H46FN3O4. The van der Waals surface area contributed by atoms with E-state index in [2.05, 4.69) is 23.6 Å². The van der Waals surface area contributed by atoms with Crippen molar-refractivity contribution in [1.29, 1.82) is 0 Å². The Morgan fingerprint density at radius 3 is 2.25 bits per heavy atom. The van der Waals surface area contributed by atoms with E-state index in [9.17, 15) is 18.8 Å². The van der Waals surface area contributed by atoms with Crippen molar-refractivity contribution in [2.24, 2.45) is 5.92 Å². The number of ether oxygens (including phenoxy) is 1. The maximum Gasteiger partial charge on any atom is 0.243 e. The number of nitrogens with zero attached hydrogens (tertiary/aromatic N) is 1. The summed E-state index contributed by atoms with van der Waals surface area (Å²) < 4.78 is 19.5. The highest BCUT2D eigenvalue weighted by molar-refractivity contribution is 5.92. The van der Waals surface area contributed by atoms with Crippen LogP contribution in [0.4, 0.5) is 4.39 Å². The molecule has 2 rings (SSSR count).